The molecule has 24 heavy (non-hydrogen) atoms. The van der Waals surface area contributed by atoms with Gasteiger partial charge in [-0.25, -0.2) is 0 Å². The quantitative estimate of drug-likeness (QED) is 0.650. The molecule has 1 aliphatic rings. The minimum atomic E-state index is -0.509. The Hall–Kier alpha value is -2.38. The maximum absolute atomic E-state index is 12.1. The summed E-state index contributed by atoms with van der Waals surface area (Å²) in [5.41, 5.74) is 1.09. The molecular formula is C16H18ClN3O4. The number of anilines is 2. The lowest BCUT2D eigenvalue weighted by atomic mass is 10.2. The lowest BCUT2D eigenvalue weighted by molar-refractivity contribution is -0.137. The number of benzene rings is 1. The first-order valence-electron chi connectivity index (χ1n) is 7.51. The van der Waals surface area contributed by atoms with Gasteiger partial charge in [0.1, 0.15) is 5.70 Å². The zero-order chi connectivity index (χ0) is 17.7. The summed E-state index contributed by atoms with van der Waals surface area (Å²) in [6.07, 6.45) is 2.31. The number of rotatable bonds is 7. The van der Waals surface area contributed by atoms with Crippen molar-refractivity contribution in [3.8, 4) is 0 Å². The van der Waals surface area contributed by atoms with Gasteiger partial charge in [0.05, 0.1) is 23.9 Å². The Morgan fingerprint density at radius 2 is 2.08 bits per heavy atom. The van der Waals surface area contributed by atoms with Crippen LogP contribution in [0.2, 0.25) is 5.02 Å². The molecule has 0 fully saturated rings. The van der Waals surface area contributed by atoms with Crippen LogP contribution in [0.5, 0.6) is 0 Å². The van der Waals surface area contributed by atoms with E-state index in [1.165, 1.54) is 6.08 Å². The summed E-state index contributed by atoms with van der Waals surface area (Å²) in [7, 11) is 0. The van der Waals surface area contributed by atoms with Crippen LogP contribution in [-0.4, -0.2) is 40.9 Å². The van der Waals surface area contributed by atoms with E-state index in [0.717, 1.165) is 11.3 Å². The smallest absolute Gasteiger partial charge is 0.277 e. The van der Waals surface area contributed by atoms with Crippen molar-refractivity contribution in [3.05, 3.63) is 35.0 Å². The average molecular weight is 352 g/mol. The third kappa shape index (κ3) is 4.12. The minimum Gasteiger partial charge on any atom is -0.395 e. The number of carbonyl (C=O) groups is 3. The average Bonchev–Trinajstić information content (AvgIpc) is 2.78. The molecule has 3 N–H and O–H groups in total. The standard InChI is InChI=1S/C16H18ClN3O4/c1-2-3-14(22)19-12-5-4-10(8-11(12)17)18-13-9-15(23)20(6-7-21)16(13)24/h4-5,8-9,18,21H,2-3,6-7H2,1H3,(H,19,22). The molecule has 0 saturated heterocycles. The molecular weight excluding hydrogens is 334 g/mol. The summed E-state index contributed by atoms with van der Waals surface area (Å²) in [6.45, 7) is 1.56. The number of amides is 3. The predicted molar refractivity (Wildman–Crippen MR) is 90.5 cm³/mol. The first-order valence-corrected chi connectivity index (χ1v) is 7.89. The number of carbonyl (C=O) groups excluding carboxylic acids is 3. The molecule has 128 valence electrons. The zero-order valence-electron chi connectivity index (χ0n) is 13.1. The highest BCUT2D eigenvalue weighted by Crippen LogP contribution is 2.27. The van der Waals surface area contributed by atoms with Gasteiger partial charge >= 0.3 is 0 Å². The van der Waals surface area contributed by atoms with Crippen molar-refractivity contribution in [1.82, 2.24) is 4.90 Å². The molecule has 0 unspecified atom stereocenters. The van der Waals surface area contributed by atoms with E-state index in [1.54, 1.807) is 18.2 Å². The maximum Gasteiger partial charge on any atom is 0.277 e. The summed E-state index contributed by atoms with van der Waals surface area (Å²) >= 11 is 6.13. The Bertz CT molecular complexity index is 703. The highest BCUT2D eigenvalue weighted by Gasteiger charge is 2.30. The predicted octanol–water partition coefficient (Wildman–Crippen LogP) is 1.74. The summed E-state index contributed by atoms with van der Waals surface area (Å²) in [6, 6.07) is 4.81. The van der Waals surface area contributed by atoms with Crippen LogP contribution in [-0.2, 0) is 14.4 Å². The fourth-order valence-electron chi connectivity index (χ4n) is 2.20. The number of aliphatic hydroxyl groups is 1. The van der Waals surface area contributed by atoms with Gasteiger partial charge in [-0.3, -0.25) is 19.3 Å². The SMILES string of the molecule is CCCC(=O)Nc1ccc(NC2=CC(=O)N(CCO)C2=O)cc1Cl. The van der Waals surface area contributed by atoms with Crippen molar-refractivity contribution >= 4 is 40.7 Å². The maximum atomic E-state index is 12.1. The third-order valence-corrected chi connectivity index (χ3v) is 3.64. The lowest BCUT2D eigenvalue weighted by Crippen LogP contribution is -2.34. The first-order chi connectivity index (χ1) is 11.5. The van der Waals surface area contributed by atoms with Gasteiger partial charge in [0.2, 0.25) is 5.91 Å². The van der Waals surface area contributed by atoms with Crippen LogP contribution in [0.25, 0.3) is 0 Å². The Morgan fingerprint density at radius 1 is 1.33 bits per heavy atom. The normalized spacial score (nSPS) is 14.0. The molecule has 1 aliphatic heterocycles. The monoisotopic (exact) mass is 351 g/mol. The number of nitrogens with one attached hydrogen (secondary N) is 2. The van der Waals surface area contributed by atoms with Crippen LogP contribution in [0, 0.1) is 0 Å². The van der Waals surface area contributed by atoms with E-state index < -0.39 is 11.8 Å². The van der Waals surface area contributed by atoms with E-state index in [4.69, 9.17) is 16.7 Å². The summed E-state index contributed by atoms with van der Waals surface area (Å²) in [5, 5.41) is 14.7. The van der Waals surface area contributed by atoms with Gasteiger partial charge in [-0.05, 0) is 24.6 Å². The molecule has 1 heterocycles. The topological polar surface area (TPSA) is 98.7 Å². The molecule has 0 aromatic heterocycles. The molecule has 2 rings (SSSR count). The molecule has 0 aliphatic carbocycles. The highest BCUT2D eigenvalue weighted by molar-refractivity contribution is 6.34. The van der Waals surface area contributed by atoms with Crippen molar-refractivity contribution in [2.45, 2.75) is 19.8 Å². The number of halogens is 1. The molecule has 1 aromatic carbocycles. The number of hydrogen-bond acceptors (Lipinski definition) is 5. The summed E-state index contributed by atoms with van der Waals surface area (Å²) in [4.78, 5) is 36.3. The van der Waals surface area contributed by atoms with Gasteiger partial charge in [0.15, 0.2) is 0 Å². The van der Waals surface area contributed by atoms with Crippen LogP contribution < -0.4 is 10.6 Å². The number of β-amino-alcohol motifs (C(OH)–C–C–N with tert-alkyl or cyclic N) is 1. The van der Waals surface area contributed by atoms with Crippen LogP contribution in [0.4, 0.5) is 11.4 Å². The molecule has 0 saturated carbocycles. The Balaban J connectivity index is 2.08. The van der Waals surface area contributed by atoms with Crippen molar-refractivity contribution in [2.24, 2.45) is 0 Å². The largest absolute Gasteiger partial charge is 0.395 e. The van der Waals surface area contributed by atoms with Gasteiger partial charge in [-0.15, -0.1) is 0 Å². The van der Waals surface area contributed by atoms with Crippen LogP contribution in [0.3, 0.4) is 0 Å². The fraction of sp³-hybridized carbons (Fsp3) is 0.312. The first kappa shape index (κ1) is 18.0. The van der Waals surface area contributed by atoms with Crippen molar-refractivity contribution in [2.75, 3.05) is 23.8 Å². The van der Waals surface area contributed by atoms with Gasteiger partial charge in [0.25, 0.3) is 11.8 Å². The van der Waals surface area contributed by atoms with Crippen molar-refractivity contribution in [1.29, 1.82) is 0 Å². The molecule has 0 spiro atoms. The molecule has 0 radical (unpaired) electrons. The van der Waals surface area contributed by atoms with E-state index >= 15 is 0 Å². The molecule has 0 atom stereocenters. The summed E-state index contributed by atoms with van der Waals surface area (Å²) < 4.78 is 0. The minimum absolute atomic E-state index is 0.0531. The van der Waals surface area contributed by atoms with E-state index in [-0.39, 0.29) is 24.8 Å². The molecule has 0 bridgehead atoms. The summed E-state index contributed by atoms with van der Waals surface area (Å²) in [5.74, 6) is -1.12. The third-order valence-electron chi connectivity index (χ3n) is 3.33. The number of hydrogen-bond donors (Lipinski definition) is 3. The van der Waals surface area contributed by atoms with Crippen LogP contribution in [0.15, 0.2) is 30.0 Å². The van der Waals surface area contributed by atoms with Gasteiger partial charge in [-0.1, -0.05) is 18.5 Å². The Kier molecular flexibility index (Phi) is 5.94. The van der Waals surface area contributed by atoms with Crippen LogP contribution in [0.1, 0.15) is 19.8 Å². The second-order valence-electron chi connectivity index (χ2n) is 5.19. The Morgan fingerprint density at radius 3 is 2.71 bits per heavy atom. The van der Waals surface area contributed by atoms with E-state index in [2.05, 4.69) is 10.6 Å². The second-order valence-corrected chi connectivity index (χ2v) is 5.60. The van der Waals surface area contributed by atoms with Crippen LogP contribution >= 0.6 is 11.6 Å². The van der Waals surface area contributed by atoms with Gasteiger partial charge < -0.3 is 15.7 Å². The zero-order valence-corrected chi connectivity index (χ0v) is 13.9. The number of nitrogens with zero attached hydrogens (tertiary/aromatic N) is 1. The second kappa shape index (κ2) is 7.94. The van der Waals surface area contributed by atoms with Gasteiger partial charge in [-0.2, -0.15) is 0 Å². The molecule has 8 heteroatoms. The van der Waals surface area contributed by atoms with E-state index in [1.807, 2.05) is 6.92 Å². The molecule has 3 amide bonds. The highest BCUT2D eigenvalue weighted by atomic mass is 35.5. The lowest BCUT2D eigenvalue weighted by Gasteiger charge is -2.14. The molecule has 1 aromatic rings. The van der Waals surface area contributed by atoms with Gasteiger partial charge in [0, 0.05) is 18.2 Å². The van der Waals surface area contributed by atoms with Crippen molar-refractivity contribution in [3.63, 3.8) is 0 Å². The Labute approximate surface area is 144 Å². The van der Waals surface area contributed by atoms with Crippen molar-refractivity contribution < 1.29 is 19.5 Å². The molecule has 7 nitrogen and oxygen atoms in total. The number of aliphatic hydroxyl groups excluding tert-OH is 1. The van der Waals surface area contributed by atoms with E-state index in [0.29, 0.717) is 22.8 Å². The fourth-order valence-corrected chi connectivity index (χ4v) is 2.43. The van der Waals surface area contributed by atoms with E-state index in [9.17, 15) is 14.4 Å². The number of imide groups is 1.